The van der Waals surface area contributed by atoms with Gasteiger partial charge in [-0.1, -0.05) is 117 Å². The van der Waals surface area contributed by atoms with E-state index in [2.05, 4.69) is 34.6 Å². The molecule has 24 heavy (non-hydrogen) atoms. The molecule has 0 aliphatic heterocycles. The van der Waals surface area contributed by atoms with Crippen molar-refractivity contribution in [2.24, 2.45) is 5.92 Å². The first-order chi connectivity index (χ1) is 11.3. The van der Waals surface area contributed by atoms with Crippen molar-refractivity contribution in [2.75, 3.05) is 0 Å². The fourth-order valence-electron chi connectivity index (χ4n) is 3.72. The van der Waals surface area contributed by atoms with Gasteiger partial charge in [-0.05, 0) is 19.3 Å². The minimum Gasteiger partial charge on any atom is -0.393 e. The Morgan fingerprint density at radius 1 is 0.750 bits per heavy atom. The number of hydrogen-bond donors (Lipinski definition) is 1. The minimum atomic E-state index is -0.138. The van der Waals surface area contributed by atoms with E-state index in [9.17, 15) is 5.11 Å². The normalized spacial score (nSPS) is 13.5. The van der Waals surface area contributed by atoms with Crippen LogP contribution in [0.5, 0.6) is 0 Å². The highest BCUT2D eigenvalue weighted by atomic mass is 16.3. The van der Waals surface area contributed by atoms with Crippen LogP contribution in [0.1, 0.15) is 112 Å². The number of aliphatic hydroxyl groups is 1. The maximum Gasteiger partial charge on any atom is 0.146 e. The summed E-state index contributed by atoms with van der Waals surface area (Å²) in [7, 11) is 0. The highest BCUT2D eigenvalue weighted by Gasteiger charge is 2.34. The SMILES string of the molecule is CCCCCCCCCCCB(CCCC(C)O)C(C)(C)C(C)C. The average Bonchev–Trinajstić information content (AvgIpc) is 2.50. The third-order valence-corrected chi connectivity index (χ3v) is 6.37. The van der Waals surface area contributed by atoms with E-state index in [0.717, 1.165) is 19.1 Å². The first-order valence-electron chi connectivity index (χ1n) is 11.0. The molecule has 0 bridgehead atoms. The van der Waals surface area contributed by atoms with Crippen molar-refractivity contribution in [1.29, 1.82) is 0 Å². The Bertz CT molecular complexity index is 273. The van der Waals surface area contributed by atoms with Gasteiger partial charge in [0.2, 0.25) is 0 Å². The summed E-state index contributed by atoms with van der Waals surface area (Å²) in [5.41, 5.74) is 0. The summed E-state index contributed by atoms with van der Waals surface area (Å²) in [5, 5.41) is 9.94. The summed E-state index contributed by atoms with van der Waals surface area (Å²) < 4.78 is 0. The maximum absolute atomic E-state index is 9.53. The van der Waals surface area contributed by atoms with Crippen molar-refractivity contribution in [1.82, 2.24) is 0 Å². The molecular formula is C22H47BO. The fourth-order valence-corrected chi connectivity index (χ4v) is 3.72. The van der Waals surface area contributed by atoms with Gasteiger partial charge in [0.15, 0.2) is 0 Å². The zero-order valence-corrected chi connectivity index (χ0v) is 17.9. The van der Waals surface area contributed by atoms with Gasteiger partial charge < -0.3 is 5.11 Å². The van der Waals surface area contributed by atoms with Crippen LogP contribution in [-0.4, -0.2) is 17.9 Å². The summed E-state index contributed by atoms with van der Waals surface area (Å²) >= 11 is 0. The summed E-state index contributed by atoms with van der Waals surface area (Å²) in [6.45, 7) is 14.7. The van der Waals surface area contributed by atoms with Gasteiger partial charge in [0.25, 0.3) is 0 Å². The zero-order valence-electron chi connectivity index (χ0n) is 17.9. The van der Waals surface area contributed by atoms with Crippen molar-refractivity contribution in [3.05, 3.63) is 0 Å². The number of aliphatic hydroxyl groups excluding tert-OH is 1. The van der Waals surface area contributed by atoms with E-state index < -0.39 is 0 Å². The van der Waals surface area contributed by atoms with Crippen LogP contribution in [0, 0.1) is 5.92 Å². The largest absolute Gasteiger partial charge is 0.393 e. The van der Waals surface area contributed by atoms with Crippen LogP contribution in [0.4, 0.5) is 0 Å². The Labute approximate surface area is 154 Å². The molecule has 0 amide bonds. The average molecular weight is 338 g/mol. The Hall–Kier alpha value is 0.0249. The highest BCUT2D eigenvalue weighted by Crippen LogP contribution is 2.42. The van der Waals surface area contributed by atoms with E-state index in [1.165, 1.54) is 76.8 Å². The monoisotopic (exact) mass is 338 g/mol. The van der Waals surface area contributed by atoms with Gasteiger partial charge in [-0.25, -0.2) is 0 Å². The van der Waals surface area contributed by atoms with E-state index in [-0.39, 0.29) is 6.10 Å². The van der Waals surface area contributed by atoms with E-state index in [4.69, 9.17) is 0 Å². The van der Waals surface area contributed by atoms with Gasteiger partial charge in [-0.2, -0.15) is 0 Å². The second kappa shape index (κ2) is 14.2. The molecule has 0 aliphatic rings. The molecule has 1 unspecified atom stereocenters. The molecule has 0 aliphatic carbocycles. The predicted molar refractivity (Wildman–Crippen MR) is 112 cm³/mol. The van der Waals surface area contributed by atoms with E-state index in [1.54, 1.807) is 0 Å². The van der Waals surface area contributed by atoms with Crippen LogP contribution in [0.15, 0.2) is 0 Å². The van der Waals surface area contributed by atoms with Crippen LogP contribution in [0.25, 0.3) is 0 Å². The Morgan fingerprint density at radius 3 is 1.67 bits per heavy atom. The lowest BCUT2D eigenvalue weighted by molar-refractivity contribution is 0.183. The third kappa shape index (κ3) is 11.6. The Kier molecular flexibility index (Phi) is 14.2. The molecule has 0 aromatic carbocycles. The van der Waals surface area contributed by atoms with Gasteiger partial charge in [-0.15, -0.1) is 0 Å². The van der Waals surface area contributed by atoms with Gasteiger partial charge in [-0.3, -0.25) is 0 Å². The van der Waals surface area contributed by atoms with Crippen LogP contribution in [-0.2, 0) is 0 Å². The second-order valence-electron chi connectivity index (χ2n) is 9.07. The quantitative estimate of drug-likeness (QED) is 0.227. The number of rotatable bonds is 16. The van der Waals surface area contributed by atoms with Gasteiger partial charge >= 0.3 is 0 Å². The molecule has 0 heterocycles. The molecule has 0 saturated heterocycles. The van der Waals surface area contributed by atoms with E-state index in [1.807, 2.05) is 6.92 Å². The predicted octanol–water partition coefficient (Wildman–Crippen LogP) is 7.61. The summed E-state index contributed by atoms with van der Waals surface area (Å²) in [4.78, 5) is 0. The molecule has 2 heteroatoms. The zero-order chi connectivity index (χ0) is 18.4. The molecule has 0 aromatic heterocycles. The molecule has 144 valence electrons. The molecule has 0 spiro atoms. The molecule has 1 atom stereocenters. The highest BCUT2D eigenvalue weighted by molar-refractivity contribution is 6.62. The van der Waals surface area contributed by atoms with Gasteiger partial charge in [0.05, 0.1) is 6.10 Å². The molecular weight excluding hydrogens is 291 g/mol. The van der Waals surface area contributed by atoms with E-state index >= 15 is 0 Å². The van der Waals surface area contributed by atoms with E-state index in [0.29, 0.717) is 5.31 Å². The van der Waals surface area contributed by atoms with Crippen LogP contribution in [0.2, 0.25) is 18.0 Å². The molecule has 0 saturated carbocycles. The topological polar surface area (TPSA) is 20.2 Å². The second-order valence-corrected chi connectivity index (χ2v) is 9.07. The molecule has 0 radical (unpaired) electrons. The summed E-state index contributed by atoms with van der Waals surface area (Å²) in [6, 6.07) is 0. The first kappa shape index (κ1) is 24.0. The first-order valence-corrected chi connectivity index (χ1v) is 11.0. The van der Waals surface area contributed by atoms with Crippen LogP contribution in [0.3, 0.4) is 0 Å². The maximum atomic E-state index is 9.53. The third-order valence-electron chi connectivity index (χ3n) is 6.37. The van der Waals surface area contributed by atoms with Crippen molar-refractivity contribution >= 4 is 6.71 Å². The summed E-state index contributed by atoms with van der Waals surface area (Å²) in [6.07, 6.45) is 17.4. The minimum absolute atomic E-state index is 0.138. The Balaban J connectivity index is 4.00. The lowest BCUT2D eigenvalue weighted by Crippen LogP contribution is -2.32. The molecule has 0 rings (SSSR count). The van der Waals surface area contributed by atoms with Crippen molar-refractivity contribution in [3.8, 4) is 0 Å². The van der Waals surface area contributed by atoms with Crippen molar-refractivity contribution < 1.29 is 5.11 Å². The van der Waals surface area contributed by atoms with Crippen LogP contribution < -0.4 is 0 Å². The molecule has 1 nitrogen and oxygen atoms in total. The number of unbranched alkanes of at least 4 members (excludes halogenated alkanes) is 8. The Morgan fingerprint density at radius 2 is 1.21 bits per heavy atom. The van der Waals surface area contributed by atoms with Crippen molar-refractivity contribution in [2.45, 2.75) is 136 Å². The summed E-state index contributed by atoms with van der Waals surface area (Å²) in [5.74, 6) is 0.729. The lowest BCUT2D eigenvalue weighted by atomic mass is 9.28. The molecule has 0 aromatic rings. The standard InChI is InChI=1S/C22H47BO/c1-7-8-9-10-11-12-13-14-15-18-23(19-16-17-21(4)24)22(5,6)20(2)3/h20-21,24H,7-19H2,1-6H3. The smallest absolute Gasteiger partial charge is 0.146 e. The fraction of sp³-hybridized carbons (Fsp3) is 1.00. The van der Waals surface area contributed by atoms with Crippen molar-refractivity contribution in [3.63, 3.8) is 0 Å². The molecule has 1 N–H and O–H groups in total. The lowest BCUT2D eigenvalue weighted by Gasteiger charge is -2.36. The number of hydrogen-bond acceptors (Lipinski definition) is 1. The van der Waals surface area contributed by atoms with Crippen LogP contribution >= 0.6 is 0 Å². The van der Waals surface area contributed by atoms with Gasteiger partial charge in [0.1, 0.15) is 6.71 Å². The molecule has 0 fully saturated rings. The van der Waals surface area contributed by atoms with Gasteiger partial charge in [0, 0.05) is 0 Å².